The number of nitrogens with one attached hydrogen (secondary N) is 1. The van der Waals surface area contributed by atoms with Gasteiger partial charge in [-0.2, -0.15) is 4.72 Å². The molecule has 6 nitrogen and oxygen atoms in total. The first-order valence-corrected chi connectivity index (χ1v) is 6.21. The Morgan fingerprint density at radius 1 is 1.47 bits per heavy atom. The summed E-state index contributed by atoms with van der Waals surface area (Å²) in [7, 11) is -2.30. The van der Waals surface area contributed by atoms with E-state index in [1.807, 2.05) is 4.72 Å². The third-order valence-corrected chi connectivity index (χ3v) is 3.49. The Bertz CT molecular complexity index is 523. The molecule has 0 aliphatic heterocycles. The highest BCUT2D eigenvalue weighted by Gasteiger charge is 2.16. The maximum absolute atomic E-state index is 11.7. The van der Waals surface area contributed by atoms with Crippen LogP contribution in [0.5, 0.6) is 5.75 Å². The van der Waals surface area contributed by atoms with Gasteiger partial charge in [0.25, 0.3) is 0 Å². The van der Waals surface area contributed by atoms with Gasteiger partial charge in [0, 0.05) is 0 Å². The number of carboxylic acids is 1. The molecular formula is C10H13NO5S. The standard InChI is InChI=1S/C10H13NO5S/c1-7-5-8(3-4-9(7)16-2)17(14,15)11-6-10(12)13/h3-5,11H,6H2,1-2H3,(H,12,13). The molecule has 2 N–H and O–H groups in total. The zero-order chi connectivity index (χ0) is 13.1. The van der Waals surface area contributed by atoms with Crippen LogP contribution in [0.3, 0.4) is 0 Å². The van der Waals surface area contributed by atoms with Gasteiger partial charge in [0.1, 0.15) is 12.3 Å². The van der Waals surface area contributed by atoms with Gasteiger partial charge < -0.3 is 9.84 Å². The smallest absolute Gasteiger partial charge is 0.318 e. The van der Waals surface area contributed by atoms with Crippen molar-refractivity contribution in [2.24, 2.45) is 0 Å². The highest BCUT2D eigenvalue weighted by molar-refractivity contribution is 7.89. The molecule has 1 aromatic rings. The van der Waals surface area contributed by atoms with Gasteiger partial charge in [-0.1, -0.05) is 0 Å². The molecule has 0 heterocycles. The predicted octanol–water partition coefficient (Wildman–Crippen LogP) is 0.367. The minimum absolute atomic E-state index is 0.0112. The SMILES string of the molecule is COc1ccc(S(=O)(=O)NCC(=O)O)cc1C. The third-order valence-electron chi connectivity index (χ3n) is 2.09. The Balaban J connectivity index is 2.99. The van der Waals surface area contributed by atoms with E-state index in [0.29, 0.717) is 11.3 Å². The fourth-order valence-electron chi connectivity index (χ4n) is 1.26. The van der Waals surface area contributed by atoms with Crippen LogP contribution in [0, 0.1) is 6.92 Å². The number of sulfonamides is 1. The van der Waals surface area contributed by atoms with E-state index < -0.39 is 22.5 Å². The molecule has 17 heavy (non-hydrogen) atoms. The minimum atomic E-state index is -3.79. The van der Waals surface area contributed by atoms with Crippen LogP contribution in [0.2, 0.25) is 0 Å². The molecule has 0 unspecified atom stereocenters. The van der Waals surface area contributed by atoms with Crippen LogP contribution in [0.4, 0.5) is 0 Å². The maximum Gasteiger partial charge on any atom is 0.318 e. The Morgan fingerprint density at radius 2 is 2.12 bits per heavy atom. The van der Waals surface area contributed by atoms with Crippen LogP contribution >= 0.6 is 0 Å². The quantitative estimate of drug-likeness (QED) is 0.796. The van der Waals surface area contributed by atoms with Crippen molar-refractivity contribution in [3.8, 4) is 5.75 Å². The summed E-state index contributed by atoms with van der Waals surface area (Å²) in [6, 6.07) is 4.30. The lowest BCUT2D eigenvalue weighted by atomic mass is 10.2. The average Bonchev–Trinajstić information content (AvgIpc) is 2.26. The number of carbonyl (C=O) groups is 1. The Labute approximate surface area is 99.3 Å². The van der Waals surface area contributed by atoms with Gasteiger partial charge in [-0.25, -0.2) is 8.42 Å². The van der Waals surface area contributed by atoms with E-state index in [1.54, 1.807) is 6.92 Å². The summed E-state index contributed by atoms with van der Waals surface area (Å²) in [6.45, 7) is 1.06. The van der Waals surface area contributed by atoms with Crippen molar-refractivity contribution in [1.29, 1.82) is 0 Å². The first-order chi connectivity index (χ1) is 7.86. The van der Waals surface area contributed by atoms with Gasteiger partial charge in [-0.3, -0.25) is 4.79 Å². The van der Waals surface area contributed by atoms with E-state index in [4.69, 9.17) is 9.84 Å². The summed E-state index contributed by atoms with van der Waals surface area (Å²) in [4.78, 5) is 10.3. The van der Waals surface area contributed by atoms with Gasteiger partial charge >= 0.3 is 5.97 Å². The van der Waals surface area contributed by atoms with Gasteiger partial charge in [0.2, 0.25) is 10.0 Å². The lowest BCUT2D eigenvalue weighted by molar-refractivity contribution is -0.135. The van der Waals surface area contributed by atoms with Gasteiger partial charge in [-0.05, 0) is 30.7 Å². The van der Waals surface area contributed by atoms with Crippen LogP contribution < -0.4 is 9.46 Å². The van der Waals surface area contributed by atoms with E-state index in [1.165, 1.54) is 25.3 Å². The van der Waals surface area contributed by atoms with Crippen molar-refractivity contribution >= 4 is 16.0 Å². The molecule has 7 heteroatoms. The zero-order valence-corrected chi connectivity index (χ0v) is 10.2. The van der Waals surface area contributed by atoms with Crippen molar-refractivity contribution in [3.05, 3.63) is 23.8 Å². The first-order valence-electron chi connectivity index (χ1n) is 4.73. The van der Waals surface area contributed by atoms with E-state index in [-0.39, 0.29) is 4.90 Å². The van der Waals surface area contributed by atoms with Crippen molar-refractivity contribution < 1.29 is 23.1 Å². The second-order valence-electron chi connectivity index (χ2n) is 3.35. The Hall–Kier alpha value is -1.60. The molecule has 0 saturated carbocycles. The summed E-state index contributed by atoms with van der Waals surface area (Å²) in [5, 5.41) is 8.41. The van der Waals surface area contributed by atoms with E-state index in [0.717, 1.165) is 0 Å². The molecule has 0 bridgehead atoms. The lowest BCUT2D eigenvalue weighted by Gasteiger charge is -2.08. The fourth-order valence-corrected chi connectivity index (χ4v) is 2.32. The van der Waals surface area contributed by atoms with Crippen molar-refractivity contribution in [2.45, 2.75) is 11.8 Å². The molecule has 0 radical (unpaired) electrons. The number of aryl methyl sites for hydroxylation is 1. The second kappa shape index (κ2) is 5.15. The second-order valence-corrected chi connectivity index (χ2v) is 5.12. The summed E-state index contributed by atoms with van der Waals surface area (Å²) in [6.07, 6.45) is 0. The summed E-state index contributed by atoms with van der Waals surface area (Å²) in [5.41, 5.74) is 0.658. The molecule has 0 fully saturated rings. The van der Waals surface area contributed by atoms with Crippen LogP contribution in [0.15, 0.2) is 23.1 Å². The molecule has 0 saturated heterocycles. The van der Waals surface area contributed by atoms with Crippen molar-refractivity contribution in [2.75, 3.05) is 13.7 Å². The minimum Gasteiger partial charge on any atom is -0.496 e. The number of carboxylic acid groups (broad SMARTS) is 1. The molecule has 0 atom stereocenters. The Kier molecular flexibility index (Phi) is 4.08. The molecule has 94 valence electrons. The summed E-state index contributed by atoms with van der Waals surface area (Å²) in [5.74, 6) is -0.666. The number of benzene rings is 1. The average molecular weight is 259 g/mol. The van der Waals surface area contributed by atoms with Crippen LogP contribution in [0.25, 0.3) is 0 Å². The van der Waals surface area contributed by atoms with Gasteiger partial charge in [0.05, 0.1) is 12.0 Å². The number of hydrogen-bond donors (Lipinski definition) is 2. The highest BCUT2D eigenvalue weighted by atomic mass is 32.2. The van der Waals surface area contributed by atoms with Gasteiger partial charge in [-0.15, -0.1) is 0 Å². The van der Waals surface area contributed by atoms with Gasteiger partial charge in [0.15, 0.2) is 0 Å². The monoisotopic (exact) mass is 259 g/mol. The van der Waals surface area contributed by atoms with Crippen LogP contribution in [-0.2, 0) is 14.8 Å². The molecular weight excluding hydrogens is 246 g/mol. The fraction of sp³-hybridized carbons (Fsp3) is 0.300. The first kappa shape index (κ1) is 13.5. The Morgan fingerprint density at radius 3 is 2.59 bits per heavy atom. The molecule has 1 rings (SSSR count). The maximum atomic E-state index is 11.7. The highest BCUT2D eigenvalue weighted by Crippen LogP contribution is 2.20. The molecule has 0 amide bonds. The third kappa shape index (κ3) is 3.43. The molecule has 0 aliphatic carbocycles. The predicted molar refractivity (Wildman–Crippen MR) is 60.6 cm³/mol. The van der Waals surface area contributed by atoms with E-state index in [9.17, 15) is 13.2 Å². The molecule has 0 spiro atoms. The van der Waals surface area contributed by atoms with Crippen molar-refractivity contribution in [1.82, 2.24) is 4.72 Å². The summed E-state index contributed by atoms with van der Waals surface area (Å²) < 4.78 is 30.3. The molecule has 0 aromatic heterocycles. The normalized spacial score (nSPS) is 11.2. The number of aliphatic carboxylic acids is 1. The van der Waals surface area contributed by atoms with Crippen LogP contribution in [-0.4, -0.2) is 33.1 Å². The largest absolute Gasteiger partial charge is 0.496 e. The van der Waals surface area contributed by atoms with Crippen molar-refractivity contribution in [3.63, 3.8) is 0 Å². The number of methoxy groups -OCH3 is 1. The number of ether oxygens (including phenoxy) is 1. The molecule has 0 aliphatic rings. The van der Waals surface area contributed by atoms with E-state index in [2.05, 4.69) is 0 Å². The van der Waals surface area contributed by atoms with E-state index >= 15 is 0 Å². The summed E-state index contributed by atoms with van der Waals surface area (Å²) >= 11 is 0. The topological polar surface area (TPSA) is 92.7 Å². The number of rotatable bonds is 5. The molecule has 1 aromatic carbocycles. The lowest BCUT2D eigenvalue weighted by Crippen LogP contribution is -2.29. The zero-order valence-electron chi connectivity index (χ0n) is 9.43. The van der Waals surface area contributed by atoms with Crippen LogP contribution in [0.1, 0.15) is 5.56 Å². The number of hydrogen-bond acceptors (Lipinski definition) is 4.